The van der Waals surface area contributed by atoms with Crippen LogP contribution in [-0.4, -0.2) is 12.1 Å². The lowest BCUT2D eigenvalue weighted by Crippen LogP contribution is -1.98. The second-order valence-electron chi connectivity index (χ2n) is 3.70. The molecule has 0 unspecified atom stereocenters. The zero-order valence-electron chi connectivity index (χ0n) is 9.12. The Hall–Kier alpha value is -1.51. The van der Waals surface area contributed by atoms with E-state index in [1.807, 2.05) is 0 Å². The van der Waals surface area contributed by atoms with Crippen molar-refractivity contribution >= 4 is 12.1 Å². The van der Waals surface area contributed by atoms with Crippen molar-refractivity contribution in [3.8, 4) is 0 Å². The molecule has 0 saturated carbocycles. The summed E-state index contributed by atoms with van der Waals surface area (Å²) in [6.45, 7) is 0. The maximum absolute atomic E-state index is 12.6. The predicted octanol–water partition coefficient (Wildman–Crippen LogP) is 3.16. The number of halogens is 1. The van der Waals surface area contributed by atoms with Crippen LogP contribution in [0.1, 0.15) is 42.5 Å². The van der Waals surface area contributed by atoms with Gasteiger partial charge in [-0.15, -0.1) is 0 Å². The molecule has 0 saturated heterocycles. The minimum atomic E-state index is -0.331. The van der Waals surface area contributed by atoms with Crippen molar-refractivity contribution in [1.82, 2.24) is 0 Å². The summed E-state index contributed by atoms with van der Waals surface area (Å²) in [5, 5.41) is 0. The van der Waals surface area contributed by atoms with E-state index in [1.54, 1.807) is 0 Å². The van der Waals surface area contributed by atoms with Crippen LogP contribution < -0.4 is 0 Å². The summed E-state index contributed by atoms with van der Waals surface area (Å²) in [6, 6.07) is 5.59. The molecule has 1 aromatic rings. The average Bonchev–Trinajstić information content (AvgIpc) is 2.29. The molecule has 0 aliphatic carbocycles. The van der Waals surface area contributed by atoms with Gasteiger partial charge in [0, 0.05) is 18.4 Å². The molecule has 0 heterocycles. The number of carbonyl (C=O) groups excluding carboxylic acids is 2. The van der Waals surface area contributed by atoms with Crippen LogP contribution in [0.2, 0.25) is 0 Å². The van der Waals surface area contributed by atoms with Crippen molar-refractivity contribution in [3.05, 3.63) is 35.6 Å². The summed E-state index contributed by atoms with van der Waals surface area (Å²) in [4.78, 5) is 21.6. The SMILES string of the molecule is O=CCCCCCC(=O)c1ccc([18F])cc1. The minimum Gasteiger partial charge on any atom is -0.303 e. The number of rotatable bonds is 7. The molecule has 1 rings (SSSR count). The Labute approximate surface area is 94.5 Å². The van der Waals surface area contributed by atoms with Crippen LogP contribution in [0.15, 0.2) is 24.3 Å². The molecule has 0 aliphatic heterocycles. The molecule has 2 nitrogen and oxygen atoms in total. The molecule has 0 N–H and O–H groups in total. The average molecular weight is 221 g/mol. The van der Waals surface area contributed by atoms with Crippen molar-refractivity contribution in [3.63, 3.8) is 0 Å². The Bertz CT molecular complexity index is 343. The van der Waals surface area contributed by atoms with Gasteiger partial charge in [0.05, 0.1) is 0 Å². The Balaban J connectivity index is 2.29. The highest BCUT2D eigenvalue weighted by Crippen LogP contribution is 2.09. The molecule has 0 bridgehead atoms. The molecule has 0 radical (unpaired) electrons. The first-order valence-corrected chi connectivity index (χ1v) is 5.46. The van der Waals surface area contributed by atoms with Gasteiger partial charge in [0.25, 0.3) is 0 Å². The normalized spacial score (nSPS) is 10.1. The minimum absolute atomic E-state index is 0.0334. The maximum atomic E-state index is 12.6. The lowest BCUT2D eigenvalue weighted by atomic mass is 10.0. The molecule has 0 spiro atoms. The van der Waals surface area contributed by atoms with Gasteiger partial charge in [-0.25, -0.2) is 4.39 Å². The third kappa shape index (κ3) is 4.34. The largest absolute Gasteiger partial charge is 0.303 e. The molecular weight excluding hydrogens is 206 g/mol. The fourth-order valence-corrected chi connectivity index (χ4v) is 1.47. The highest BCUT2D eigenvalue weighted by atomic mass is 18.2. The first kappa shape index (κ1) is 12.6. The highest BCUT2D eigenvalue weighted by Gasteiger charge is 2.04. The van der Waals surface area contributed by atoms with Gasteiger partial charge in [-0.3, -0.25) is 4.79 Å². The van der Waals surface area contributed by atoms with E-state index >= 15 is 0 Å². The van der Waals surface area contributed by atoms with E-state index in [2.05, 4.69) is 0 Å². The quantitative estimate of drug-likeness (QED) is 0.402. The van der Waals surface area contributed by atoms with Gasteiger partial charge >= 0.3 is 0 Å². The fourth-order valence-electron chi connectivity index (χ4n) is 1.47. The summed E-state index contributed by atoms with van der Waals surface area (Å²) in [5.74, 6) is -0.298. The monoisotopic (exact) mass is 221 g/mol. The molecule has 1 aromatic carbocycles. The lowest BCUT2D eigenvalue weighted by molar-refractivity contribution is -0.107. The van der Waals surface area contributed by atoms with Crippen LogP contribution in [0.25, 0.3) is 0 Å². The van der Waals surface area contributed by atoms with Gasteiger partial charge < -0.3 is 4.79 Å². The molecule has 0 aliphatic rings. The summed E-state index contributed by atoms with van der Waals surface area (Å²) >= 11 is 0. The van der Waals surface area contributed by atoms with Gasteiger partial charge in [0.2, 0.25) is 0 Å². The number of benzene rings is 1. The molecule has 16 heavy (non-hydrogen) atoms. The van der Waals surface area contributed by atoms with Crippen LogP contribution in [0.3, 0.4) is 0 Å². The smallest absolute Gasteiger partial charge is 0.162 e. The Morgan fingerprint density at radius 3 is 2.44 bits per heavy atom. The van der Waals surface area contributed by atoms with Crippen LogP contribution in [-0.2, 0) is 4.79 Å². The molecule has 3 heteroatoms. The molecule has 0 aromatic heterocycles. The first-order valence-electron chi connectivity index (χ1n) is 5.46. The number of hydrogen-bond acceptors (Lipinski definition) is 2. The summed E-state index contributed by atoms with van der Waals surface area (Å²) in [7, 11) is 0. The van der Waals surface area contributed by atoms with Gasteiger partial charge in [-0.1, -0.05) is 6.42 Å². The Morgan fingerprint density at radius 2 is 1.81 bits per heavy atom. The van der Waals surface area contributed by atoms with E-state index in [0.29, 0.717) is 18.4 Å². The van der Waals surface area contributed by atoms with Crippen molar-refractivity contribution < 1.29 is 14.0 Å². The number of Topliss-reactive ketones (excluding diaryl/α,β-unsaturated/α-hetero) is 1. The van der Waals surface area contributed by atoms with Crippen molar-refractivity contribution in [2.24, 2.45) is 0 Å². The Kier molecular flexibility index (Phi) is 5.40. The standard InChI is InChI=1S/C13H15FO2/c14-12-8-6-11(7-9-12)13(16)5-3-1-2-4-10-15/h6-10H,1-5H2/i14-1. The second-order valence-corrected chi connectivity index (χ2v) is 3.70. The third-order valence-corrected chi connectivity index (χ3v) is 2.39. The van der Waals surface area contributed by atoms with Gasteiger partial charge in [-0.05, 0) is 37.1 Å². The topological polar surface area (TPSA) is 34.1 Å². The maximum Gasteiger partial charge on any atom is 0.162 e. The summed E-state index contributed by atoms with van der Waals surface area (Å²) in [6.07, 6.45) is 4.41. The zero-order valence-corrected chi connectivity index (χ0v) is 9.12. The van der Waals surface area contributed by atoms with Crippen molar-refractivity contribution in [2.75, 3.05) is 0 Å². The zero-order chi connectivity index (χ0) is 11.8. The van der Waals surface area contributed by atoms with Gasteiger partial charge in [-0.2, -0.15) is 0 Å². The predicted molar refractivity (Wildman–Crippen MR) is 59.9 cm³/mol. The van der Waals surface area contributed by atoms with Crippen LogP contribution in [0, 0.1) is 5.82 Å². The molecule has 0 amide bonds. The van der Waals surface area contributed by atoms with E-state index < -0.39 is 0 Å². The lowest BCUT2D eigenvalue weighted by Gasteiger charge is -2.00. The molecule has 0 atom stereocenters. The summed E-state index contributed by atoms with van der Waals surface area (Å²) in [5.41, 5.74) is 0.553. The number of unbranched alkanes of at least 4 members (excludes halogenated alkanes) is 3. The van der Waals surface area contributed by atoms with Crippen LogP contribution in [0.5, 0.6) is 0 Å². The van der Waals surface area contributed by atoms with Crippen molar-refractivity contribution in [2.45, 2.75) is 32.1 Å². The molecule has 0 fully saturated rings. The summed E-state index contributed by atoms with van der Waals surface area (Å²) < 4.78 is 12.6. The van der Waals surface area contributed by atoms with Crippen molar-refractivity contribution in [1.29, 1.82) is 0 Å². The van der Waals surface area contributed by atoms with E-state index in [-0.39, 0.29) is 11.6 Å². The molecular formula is C13H15FO2. The second kappa shape index (κ2) is 6.88. The third-order valence-electron chi connectivity index (χ3n) is 2.39. The Morgan fingerprint density at radius 1 is 1.12 bits per heavy atom. The van der Waals surface area contributed by atoms with E-state index in [4.69, 9.17) is 0 Å². The van der Waals surface area contributed by atoms with E-state index in [0.717, 1.165) is 25.5 Å². The highest BCUT2D eigenvalue weighted by molar-refractivity contribution is 5.95. The fraction of sp³-hybridized carbons (Fsp3) is 0.385. The molecule has 86 valence electrons. The van der Waals surface area contributed by atoms with Crippen LogP contribution >= 0.6 is 0 Å². The number of aldehydes is 1. The number of hydrogen-bond donors (Lipinski definition) is 0. The van der Waals surface area contributed by atoms with Gasteiger partial charge in [0.1, 0.15) is 12.1 Å². The van der Waals surface area contributed by atoms with E-state index in [9.17, 15) is 14.0 Å². The first-order chi connectivity index (χ1) is 7.74. The number of carbonyl (C=O) groups is 2. The number of ketones is 1. The van der Waals surface area contributed by atoms with E-state index in [1.165, 1.54) is 24.3 Å². The van der Waals surface area contributed by atoms with Gasteiger partial charge in [0.15, 0.2) is 5.78 Å². The van der Waals surface area contributed by atoms with Crippen LogP contribution in [0.4, 0.5) is 4.39 Å².